The third-order valence-electron chi connectivity index (χ3n) is 7.90. The van der Waals surface area contributed by atoms with Crippen molar-refractivity contribution in [3.8, 4) is 17.2 Å². The highest BCUT2D eigenvalue weighted by Crippen LogP contribution is 2.39. The van der Waals surface area contributed by atoms with Gasteiger partial charge in [-0.3, -0.25) is 0 Å². The van der Waals surface area contributed by atoms with Crippen molar-refractivity contribution in [1.82, 2.24) is 20.3 Å². The van der Waals surface area contributed by atoms with Gasteiger partial charge in [0, 0.05) is 25.5 Å². The number of pyridine rings is 1. The molecule has 0 saturated carbocycles. The summed E-state index contributed by atoms with van der Waals surface area (Å²) in [5.74, 6) is 4.00. The van der Waals surface area contributed by atoms with Gasteiger partial charge in [-0.2, -0.15) is 0 Å². The molecule has 2 aromatic carbocycles. The normalized spacial score (nSPS) is 14.3. The summed E-state index contributed by atoms with van der Waals surface area (Å²) in [6.45, 7) is 12.3. The first-order valence-electron chi connectivity index (χ1n) is 14.7. The van der Waals surface area contributed by atoms with E-state index in [1.54, 1.807) is 12.5 Å². The second kappa shape index (κ2) is 13.1. The third-order valence-corrected chi connectivity index (χ3v) is 7.90. The second-order valence-corrected chi connectivity index (χ2v) is 10.8. The molecule has 3 N–H and O–H groups in total. The number of rotatable bonds is 11. The van der Waals surface area contributed by atoms with E-state index >= 15 is 0 Å². The standard InChI is InChI=1S/C33H41N7O2/c1-7-21(3)26-18-25(10-11-28(26)40(6)8-2)41-29-12-9-23(17-22(29)4)39-32-30-27(37-20-38-32)19-36-33(34-5)31(30)42-24-13-15-35-16-14-24/h8-12,17-21,24,35H,2,7,13-16H2,1,3-6H3,(H,34,36)(H,37,38,39). The number of benzene rings is 2. The van der Waals surface area contributed by atoms with Gasteiger partial charge in [0.2, 0.25) is 0 Å². The summed E-state index contributed by atoms with van der Waals surface area (Å²) in [6.07, 6.45) is 8.13. The Bertz CT molecular complexity index is 1550. The summed E-state index contributed by atoms with van der Waals surface area (Å²) in [7, 11) is 3.86. The monoisotopic (exact) mass is 567 g/mol. The van der Waals surface area contributed by atoms with E-state index in [-0.39, 0.29) is 6.10 Å². The van der Waals surface area contributed by atoms with Crippen molar-refractivity contribution >= 4 is 33.9 Å². The molecule has 9 nitrogen and oxygen atoms in total. The first kappa shape index (κ1) is 29.1. The van der Waals surface area contributed by atoms with E-state index in [1.165, 1.54) is 5.56 Å². The number of nitrogens with zero attached hydrogens (tertiary/aromatic N) is 4. The van der Waals surface area contributed by atoms with E-state index in [4.69, 9.17) is 9.47 Å². The van der Waals surface area contributed by atoms with E-state index in [2.05, 4.69) is 69.5 Å². The molecule has 0 aliphatic carbocycles. The van der Waals surface area contributed by atoms with E-state index in [1.807, 2.05) is 50.3 Å². The van der Waals surface area contributed by atoms with Gasteiger partial charge in [-0.05, 0) is 98.9 Å². The summed E-state index contributed by atoms with van der Waals surface area (Å²) in [5.41, 5.74) is 4.98. The Balaban J connectivity index is 1.42. The fourth-order valence-corrected chi connectivity index (χ4v) is 5.23. The lowest BCUT2D eigenvalue weighted by Crippen LogP contribution is -2.34. The van der Waals surface area contributed by atoms with Crippen LogP contribution in [0.25, 0.3) is 10.9 Å². The van der Waals surface area contributed by atoms with Gasteiger partial charge in [0.1, 0.15) is 29.7 Å². The number of piperidine rings is 1. The first-order chi connectivity index (χ1) is 20.4. The number of nitrogens with one attached hydrogen (secondary N) is 3. The quantitative estimate of drug-likeness (QED) is 0.175. The van der Waals surface area contributed by atoms with Gasteiger partial charge in [0.25, 0.3) is 0 Å². The van der Waals surface area contributed by atoms with Gasteiger partial charge in [-0.15, -0.1) is 0 Å². The van der Waals surface area contributed by atoms with Crippen LogP contribution in [0.15, 0.2) is 61.7 Å². The predicted molar refractivity (Wildman–Crippen MR) is 172 cm³/mol. The Morgan fingerprint density at radius 1 is 1.12 bits per heavy atom. The molecule has 0 bridgehead atoms. The maximum atomic E-state index is 6.53. The zero-order valence-corrected chi connectivity index (χ0v) is 25.2. The number of hydrogen-bond acceptors (Lipinski definition) is 9. The van der Waals surface area contributed by atoms with Gasteiger partial charge in [0.15, 0.2) is 11.6 Å². The van der Waals surface area contributed by atoms with Crippen molar-refractivity contribution in [2.45, 2.75) is 52.1 Å². The Morgan fingerprint density at radius 2 is 1.93 bits per heavy atom. The zero-order chi connectivity index (χ0) is 29.6. The van der Waals surface area contributed by atoms with Crippen LogP contribution in [0.1, 0.15) is 50.2 Å². The van der Waals surface area contributed by atoms with Gasteiger partial charge in [0.05, 0.1) is 17.1 Å². The molecule has 9 heteroatoms. The van der Waals surface area contributed by atoms with Crippen LogP contribution in [0.3, 0.4) is 0 Å². The third kappa shape index (κ3) is 6.26. The second-order valence-electron chi connectivity index (χ2n) is 10.8. The minimum absolute atomic E-state index is 0.101. The van der Waals surface area contributed by atoms with Gasteiger partial charge in [-0.1, -0.05) is 20.4 Å². The molecule has 5 rings (SSSR count). The predicted octanol–water partition coefficient (Wildman–Crippen LogP) is 7.13. The summed E-state index contributed by atoms with van der Waals surface area (Å²) in [6, 6.07) is 12.3. The molecule has 2 aromatic heterocycles. The Labute approximate surface area is 248 Å². The van der Waals surface area contributed by atoms with Crippen molar-refractivity contribution in [3.05, 3.63) is 72.8 Å². The Hall–Kier alpha value is -4.37. The molecule has 1 unspecified atom stereocenters. The maximum absolute atomic E-state index is 6.53. The van der Waals surface area contributed by atoms with Crippen LogP contribution in [-0.4, -0.2) is 48.2 Å². The molecule has 1 fully saturated rings. The van der Waals surface area contributed by atoms with E-state index in [0.29, 0.717) is 23.3 Å². The van der Waals surface area contributed by atoms with Crippen LogP contribution in [0.2, 0.25) is 0 Å². The fourth-order valence-electron chi connectivity index (χ4n) is 5.23. The number of ether oxygens (including phenoxy) is 2. The smallest absolute Gasteiger partial charge is 0.175 e. The highest BCUT2D eigenvalue weighted by molar-refractivity contribution is 5.98. The van der Waals surface area contributed by atoms with Crippen molar-refractivity contribution in [2.24, 2.45) is 0 Å². The van der Waals surface area contributed by atoms with Crippen molar-refractivity contribution < 1.29 is 9.47 Å². The lowest BCUT2D eigenvalue weighted by atomic mass is 9.96. The lowest BCUT2D eigenvalue weighted by molar-refractivity contribution is 0.165. The Kier molecular flexibility index (Phi) is 9.07. The molecule has 1 saturated heterocycles. The summed E-state index contributed by atoms with van der Waals surface area (Å²) in [5, 5.41) is 10.9. The largest absolute Gasteiger partial charge is 0.486 e. The molecular formula is C33H41N7O2. The molecule has 1 aliphatic heterocycles. The van der Waals surface area contributed by atoms with Crippen LogP contribution < -0.4 is 30.3 Å². The number of aryl methyl sites for hydroxylation is 1. The van der Waals surface area contributed by atoms with Gasteiger partial charge < -0.3 is 30.3 Å². The van der Waals surface area contributed by atoms with Crippen LogP contribution in [-0.2, 0) is 0 Å². The zero-order valence-electron chi connectivity index (χ0n) is 25.2. The fraction of sp³-hybridized carbons (Fsp3) is 0.364. The van der Waals surface area contributed by atoms with E-state index in [0.717, 1.165) is 71.7 Å². The van der Waals surface area contributed by atoms with Gasteiger partial charge >= 0.3 is 0 Å². The SMILES string of the molecule is C=CN(C)c1ccc(Oc2ccc(Nc3ncnc4cnc(NC)c(OC5CCNCC5)c34)cc2C)cc1C(C)CC. The van der Waals surface area contributed by atoms with E-state index < -0.39 is 0 Å². The van der Waals surface area contributed by atoms with Crippen LogP contribution in [0.4, 0.5) is 23.0 Å². The minimum atomic E-state index is 0.101. The molecule has 1 aliphatic rings. The Morgan fingerprint density at radius 3 is 2.64 bits per heavy atom. The van der Waals surface area contributed by atoms with E-state index in [9.17, 15) is 0 Å². The average Bonchev–Trinajstić information content (AvgIpc) is 3.02. The number of hydrogen-bond donors (Lipinski definition) is 3. The molecular weight excluding hydrogens is 526 g/mol. The summed E-state index contributed by atoms with van der Waals surface area (Å²) in [4.78, 5) is 15.7. The highest BCUT2D eigenvalue weighted by atomic mass is 16.5. The molecule has 0 amide bonds. The summed E-state index contributed by atoms with van der Waals surface area (Å²) < 4.78 is 12.9. The van der Waals surface area contributed by atoms with Crippen molar-refractivity contribution in [1.29, 1.82) is 0 Å². The number of anilines is 4. The highest BCUT2D eigenvalue weighted by Gasteiger charge is 2.22. The lowest BCUT2D eigenvalue weighted by Gasteiger charge is -2.25. The molecule has 3 heterocycles. The maximum Gasteiger partial charge on any atom is 0.175 e. The van der Waals surface area contributed by atoms with Crippen molar-refractivity contribution in [3.63, 3.8) is 0 Å². The van der Waals surface area contributed by atoms with Crippen LogP contribution in [0.5, 0.6) is 17.2 Å². The summed E-state index contributed by atoms with van der Waals surface area (Å²) >= 11 is 0. The first-order valence-corrected chi connectivity index (χ1v) is 14.7. The topological polar surface area (TPSA) is 96.5 Å². The van der Waals surface area contributed by atoms with Crippen LogP contribution in [0, 0.1) is 6.92 Å². The molecule has 1 atom stereocenters. The molecule has 0 spiro atoms. The number of fused-ring (bicyclic) bond motifs is 1. The molecule has 0 radical (unpaired) electrons. The van der Waals surface area contributed by atoms with Crippen molar-refractivity contribution in [2.75, 3.05) is 42.7 Å². The number of aromatic nitrogens is 3. The molecule has 42 heavy (non-hydrogen) atoms. The van der Waals surface area contributed by atoms with Crippen LogP contribution >= 0.6 is 0 Å². The molecule has 4 aromatic rings. The van der Waals surface area contributed by atoms with Gasteiger partial charge in [-0.25, -0.2) is 15.0 Å². The minimum Gasteiger partial charge on any atom is -0.486 e. The average molecular weight is 568 g/mol. The molecule has 220 valence electrons.